The van der Waals surface area contributed by atoms with Crippen molar-refractivity contribution >= 4 is 8.46 Å². The molecule has 25 heavy (non-hydrogen) atoms. The van der Waals surface area contributed by atoms with E-state index < -0.39 is 0 Å². The van der Waals surface area contributed by atoms with Gasteiger partial charge in [0.25, 0.3) is 0 Å². The number of aliphatic hydroxyl groups excluding tert-OH is 1. The molecule has 0 spiro atoms. The topological polar surface area (TPSA) is 37.3 Å². The predicted octanol–water partition coefficient (Wildman–Crippen LogP) is 7.93. The summed E-state index contributed by atoms with van der Waals surface area (Å²) in [6.45, 7) is 8.84. The SMILES string of the molecule is CCCCCCCCC(CC)C(CC)(CC(O)CCCCCC)P=O. The lowest BCUT2D eigenvalue weighted by Crippen LogP contribution is -2.35. The maximum atomic E-state index is 12.1. The Morgan fingerprint density at radius 2 is 1.32 bits per heavy atom. The number of hydrogen-bond donors (Lipinski definition) is 1. The van der Waals surface area contributed by atoms with Crippen molar-refractivity contribution < 1.29 is 9.67 Å². The Bertz CT molecular complexity index is 308. The van der Waals surface area contributed by atoms with Crippen LogP contribution in [0.2, 0.25) is 0 Å². The van der Waals surface area contributed by atoms with Gasteiger partial charge in [0.2, 0.25) is 0 Å². The zero-order valence-corrected chi connectivity index (χ0v) is 18.5. The van der Waals surface area contributed by atoms with Gasteiger partial charge in [-0.25, -0.2) is 0 Å². The Morgan fingerprint density at radius 1 is 0.800 bits per heavy atom. The van der Waals surface area contributed by atoms with Crippen molar-refractivity contribution in [2.75, 3.05) is 0 Å². The lowest BCUT2D eigenvalue weighted by atomic mass is 9.79. The van der Waals surface area contributed by atoms with Gasteiger partial charge in [0, 0.05) is 0 Å². The summed E-state index contributed by atoms with van der Waals surface area (Å²) in [6, 6.07) is 0. The summed E-state index contributed by atoms with van der Waals surface area (Å²) in [4.78, 5) is 0. The van der Waals surface area contributed by atoms with E-state index >= 15 is 0 Å². The van der Waals surface area contributed by atoms with Crippen molar-refractivity contribution in [2.45, 2.75) is 135 Å². The molecule has 0 aromatic rings. The van der Waals surface area contributed by atoms with Crippen LogP contribution in [-0.4, -0.2) is 16.4 Å². The molecule has 3 unspecified atom stereocenters. The first-order valence-corrected chi connectivity index (χ1v) is 11.9. The van der Waals surface area contributed by atoms with E-state index in [9.17, 15) is 9.67 Å². The van der Waals surface area contributed by atoms with Crippen molar-refractivity contribution in [2.24, 2.45) is 5.92 Å². The van der Waals surface area contributed by atoms with Crippen LogP contribution in [0.25, 0.3) is 0 Å². The molecule has 0 aliphatic heterocycles. The molecule has 0 amide bonds. The van der Waals surface area contributed by atoms with Gasteiger partial charge in [0.05, 0.1) is 11.3 Å². The van der Waals surface area contributed by atoms with Gasteiger partial charge in [-0.1, -0.05) is 98.3 Å². The minimum atomic E-state index is -0.295. The number of aliphatic hydroxyl groups is 1. The van der Waals surface area contributed by atoms with Gasteiger partial charge in [-0.2, -0.15) is 0 Å². The summed E-state index contributed by atoms with van der Waals surface area (Å²) in [5.74, 6) is 0.466. The average Bonchev–Trinajstić information content (AvgIpc) is 2.63. The number of rotatable bonds is 18. The fraction of sp³-hybridized carbons (Fsp3) is 1.00. The van der Waals surface area contributed by atoms with Crippen LogP contribution in [0.5, 0.6) is 0 Å². The third-order valence-corrected chi connectivity index (χ3v) is 7.16. The van der Waals surface area contributed by atoms with E-state index in [-0.39, 0.29) is 19.7 Å². The molecule has 0 rings (SSSR count). The summed E-state index contributed by atoms with van der Waals surface area (Å²) in [6.07, 6.45) is 17.0. The molecule has 0 saturated carbocycles. The van der Waals surface area contributed by atoms with Crippen LogP contribution in [0.4, 0.5) is 0 Å². The Balaban J connectivity index is 4.47. The molecular formula is C22H45O2P. The highest BCUT2D eigenvalue weighted by molar-refractivity contribution is 7.26. The zero-order valence-electron chi connectivity index (χ0n) is 17.6. The highest BCUT2D eigenvalue weighted by atomic mass is 31.1. The average molecular weight is 373 g/mol. The molecule has 0 aromatic heterocycles. The van der Waals surface area contributed by atoms with E-state index in [2.05, 4.69) is 27.7 Å². The van der Waals surface area contributed by atoms with Crippen molar-refractivity contribution in [1.29, 1.82) is 0 Å². The van der Waals surface area contributed by atoms with E-state index in [1.807, 2.05) is 0 Å². The van der Waals surface area contributed by atoms with E-state index in [4.69, 9.17) is 0 Å². The molecule has 0 saturated heterocycles. The van der Waals surface area contributed by atoms with Crippen molar-refractivity contribution in [1.82, 2.24) is 0 Å². The molecule has 2 nitrogen and oxygen atoms in total. The standard InChI is InChI=1S/C22H45O2P/c1-5-9-11-13-14-15-17-20(7-3)22(8-4,25-24)19-21(23)18-16-12-10-6-2/h20-21,23H,5-19H2,1-4H3. The monoisotopic (exact) mass is 372 g/mol. The summed E-state index contributed by atoms with van der Waals surface area (Å²) in [5.41, 5.74) is 0. The highest BCUT2D eigenvalue weighted by Gasteiger charge is 2.38. The van der Waals surface area contributed by atoms with Crippen LogP contribution in [0.1, 0.15) is 124 Å². The maximum absolute atomic E-state index is 12.1. The Hall–Kier alpha value is 0.0600. The van der Waals surface area contributed by atoms with Gasteiger partial charge in [-0.15, -0.1) is 0 Å². The summed E-state index contributed by atoms with van der Waals surface area (Å²) in [5, 5.41) is 10.3. The van der Waals surface area contributed by atoms with Gasteiger partial charge < -0.3 is 5.11 Å². The van der Waals surface area contributed by atoms with Crippen LogP contribution < -0.4 is 0 Å². The minimum Gasteiger partial charge on any atom is -0.393 e. The Labute approximate surface area is 159 Å². The first-order valence-electron chi connectivity index (χ1n) is 11.1. The van der Waals surface area contributed by atoms with Crippen LogP contribution in [0.3, 0.4) is 0 Å². The largest absolute Gasteiger partial charge is 0.393 e. The van der Waals surface area contributed by atoms with Crippen LogP contribution in [-0.2, 0) is 4.57 Å². The smallest absolute Gasteiger partial charge is 0.162 e. The molecule has 0 aliphatic rings. The first-order chi connectivity index (χ1) is 12.1. The molecule has 3 heteroatoms. The van der Waals surface area contributed by atoms with E-state index in [1.54, 1.807) is 0 Å². The summed E-state index contributed by atoms with van der Waals surface area (Å²) >= 11 is 0. The van der Waals surface area contributed by atoms with Gasteiger partial charge in [-0.3, -0.25) is 4.57 Å². The highest BCUT2D eigenvalue weighted by Crippen LogP contribution is 2.44. The maximum Gasteiger partial charge on any atom is 0.162 e. The van der Waals surface area contributed by atoms with E-state index in [0.29, 0.717) is 12.3 Å². The summed E-state index contributed by atoms with van der Waals surface area (Å²) < 4.78 is 12.1. The second-order valence-electron chi connectivity index (χ2n) is 7.92. The fourth-order valence-electron chi connectivity index (χ4n) is 4.12. The molecule has 0 heterocycles. The van der Waals surface area contributed by atoms with Crippen LogP contribution >= 0.6 is 8.46 Å². The molecule has 0 aliphatic carbocycles. The van der Waals surface area contributed by atoms with Gasteiger partial charge in [-0.05, 0) is 31.6 Å². The van der Waals surface area contributed by atoms with Crippen molar-refractivity contribution in [3.8, 4) is 0 Å². The zero-order chi connectivity index (χ0) is 19.0. The first kappa shape index (κ1) is 25.1. The molecule has 150 valence electrons. The Kier molecular flexibility index (Phi) is 16.3. The summed E-state index contributed by atoms with van der Waals surface area (Å²) in [7, 11) is 0.245. The molecule has 1 N–H and O–H groups in total. The molecule has 0 fully saturated rings. The molecule has 0 bridgehead atoms. The van der Waals surface area contributed by atoms with E-state index in [0.717, 1.165) is 32.1 Å². The predicted molar refractivity (Wildman–Crippen MR) is 112 cm³/mol. The van der Waals surface area contributed by atoms with Crippen LogP contribution in [0.15, 0.2) is 0 Å². The normalized spacial score (nSPS) is 16.7. The van der Waals surface area contributed by atoms with Gasteiger partial charge in [0.1, 0.15) is 0 Å². The lowest BCUT2D eigenvalue weighted by Gasteiger charge is -2.36. The minimum absolute atomic E-state index is 0.220. The number of hydrogen-bond acceptors (Lipinski definition) is 2. The number of unbranched alkanes of at least 4 members (excludes halogenated alkanes) is 8. The third-order valence-electron chi connectivity index (χ3n) is 5.93. The van der Waals surface area contributed by atoms with Crippen LogP contribution in [0, 0.1) is 5.92 Å². The second kappa shape index (κ2) is 16.2. The van der Waals surface area contributed by atoms with Crippen molar-refractivity contribution in [3.05, 3.63) is 0 Å². The molecule has 0 radical (unpaired) electrons. The third kappa shape index (κ3) is 10.7. The molecular weight excluding hydrogens is 327 g/mol. The molecule has 3 atom stereocenters. The lowest BCUT2D eigenvalue weighted by molar-refractivity contribution is 0.117. The van der Waals surface area contributed by atoms with E-state index in [1.165, 1.54) is 57.8 Å². The Morgan fingerprint density at radius 3 is 1.84 bits per heavy atom. The van der Waals surface area contributed by atoms with Crippen molar-refractivity contribution in [3.63, 3.8) is 0 Å². The van der Waals surface area contributed by atoms with Gasteiger partial charge >= 0.3 is 0 Å². The van der Waals surface area contributed by atoms with Gasteiger partial charge in [0.15, 0.2) is 8.46 Å². The second-order valence-corrected chi connectivity index (χ2v) is 8.99. The molecule has 0 aromatic carbocycles. The quantitative estimate of drug-likeness (QED) is 0.196. The fourth-order valence-corrected chi connectivity index (χ4v) is 4.99.